The molecule has 1 aliphatic carbocycles. The minimum atomic E-state index is -0.478. The Bertz CT molecular complexity index is 1500. The van der Waals surface area contributed by atoms with E-state index in [1.807, 2.05) is 84.9 Å². The second-order valence-corrected chi connectivity index (χ2v) is 11.0. The van der Waals surface area contributed by atoms with Gasteiger partial charge in [0.05, 0.1) is 46.2 Å². The quantitative estimate of drug-likeness (QED) is 0.233. The highest BCUT2D eigenvalue weighted by molar-refractivity contribution is 5.98. The van der Waals surface area contributed by atoms with Crippen LogP contribution in [0.25, 0.3) is 0 Å². The van der Waals surface area contributed by atoms with Gasteiger partial charge in [-0.3, -0.25) is 4.79 Å². The number of carbonyl (C=O) groups excluding carboxylic acids is 1. The molecule has 1 heterocycles. The molecular weight excluding hydrogens is 542 g/mol. The van der Waals surface area contributed by atoms with Crippen LogP contribution in [0.4, 0.5) is 0 Å². The normalized spacial score (nSPS) is 22.7. The smallest absolute Gasteiger partial charge is 0.252 e. The molecule has 7 heteroatoms. The van der Waals surface area contributed by atoms with Crippen LogP contribution in [0.1, 0.15) is 45.0 Å². The summed E-state index contributed by atoms with van der Waals surface area (Å²) < 4.78 is 31.2. The summed E-state index contributed by atoms with van der Waals surface area (Å²) in [7, 11) is 3.18. The SMILES string of the molecule is COc1cc2c(cc1OC)[C@H]1C[C@H](OCc3ccccc3)[C@@H](OCc3ccccc3)[C@@H](OCc3ccccc3)[C@@H]1NC2=O. The van der Waals surface area contributed by atoms with Crippen molar-refractivity contribution >= 4 is 5.91 Å². The van der Waals surface area contributed by atoms with Crippen molar-refractivity contribution in [3.63, 3.8) is 0 Å². The lowest BCUT2D eigenvalue weighted by molar-refractivity contribution is -0.182. The summed E-state index contributed by atoms with van der Waals surface area (Å²) >= 11 is 0. The molecule has 0 unspecified atom stereocenters. The van der Waals surface area contributed by atoms with Crippen LogP contribution in [-0.2, 0) is 34.0 Å². The van der Waals surface area contributed by atoms with Gasteiger partial charge in [-0.2, -0.15) is 0 Å². The molecule has 4 aromatic carbocycles. The third-order valence-corrected chi connectivity index (χ3v) is 8.34. The summed E-state index contributed by atoms with van der Waals surface area (Å²) in [4.78, 5) is 13.6. The van der Waals surface area contributed by atoms with E-state index in [2.05, 4.69) is 17.4 Å². The Kier molecular flexibility index (Phi) is 9.03. The Morgan fingerprint density at radius 2 is 1.14 bits per heavy atom. The van der Waals surface area contributed by atoms with Gasteiger partial charge in [0, 0.05) is 11.5 Å². The van der Waals surface area contributed by atoms with Crippen LogP contribution in [0, 0.1) is 0 Å². The van der Waals surface area contributed by atoms with Crippen LogP contribution in [0.15, 0.2) is 103 Å². The van der Waals surface area contributed by atoms with Crippen LogP contribution in [0.5, 0.6) is 11.5 Å². The minimum Gasteiger partial charge on any atom is -0.493 e. The number of rotatable bonds is 11. The highest BCUT2D eigenvalue weighted by atomic mass is 16.6. The van der Waals surface area contributed by atoms with Crippen LogP contribution < -0.4 is 14.8 Å². The van der Waals surface area contributed by atoms with Crippen molar-refractivity contribution in [2.45, 2.75) is 56.5 Å². The number of amides is 1. The van der Waals surface area contributed by atoms with Crippen LogP contribution in [0.2, 0.25) is 0 Å². The van der Waals surface area contributed by atoms with Gasteiger partial charge in [0.25, 0.3) is 5.91 Å². The monoisotopic (exact) mass is 579 g/mol. The molecule has 1 saturated carbocycles. The Morgan fingerprint density at radius 1 is 0.651 bits per heavy atom. The lowest BCUT2D eigenvalue weighted by Crippen LogP contribution is -2.63. The standard InChI is InChI=1S/C36H37NO6/c1-39-30-18-27-28-19-32(41-21-24-12-6-3-7-13-24)34(42-22-25-14-8-4-9-15-25)35(43-23-26-16-10-5-11-17-26)33(28)37-36(38)29(27)20-31(30)40-2/h3-18,20,28,32-35H,19,21-23H2,1-2H3,(H,37,38)/t28-,32+,33-,34-,35+/m1/s1. The first-order valence-electron chi connectivity index (χ1n) is 14.7. The highest BCUT2D eigenvalue weighted by Gasteiger charge is 2.51. The lowest BCUT2D eigenvalue weighted by atomic mass is 9.71. The topological polar surface area (TPSA) is 75.2 Å². The van der Waals surface area contributed by atoms with E-state index in [9.17, 15) is 4.79 Å². The van der Waals surface area contributed by atoms with Crippen LogP contribution in [-0.4, -0.2) is 44.5 Å². The molecule has 0 saturated heterocycles. The summed E-state index contributed by atoms with van der Waals surface area (Å²) in [6.07, 6.45) is -0.586. The largest absolute Gasteiger partial charge is 0.493 e. The predicted octanol–water partition coefficient (Wildman–Crippen LogP) is 6.06. The molecule has 0 aromatic heterocycles. The van der Waals surface area contributed by atoms with E-state index in [1.165, 1.54) is 0 Å². The first-order valence-corrected chi connectivity index (χ1v) is 14.7. The van der Waals surface area contributed by atoms with E-state index in [0.717, 1.165) is 22.3 Å². The Morgan fingerprint density at radius 3 is 1.67 bits per heavy atom. The Labute approximate surface area is 252 Å². The number of methoxy groups -OCH3 is 2. The molecule has 1 amide bonds. The average Bonchev–Trinajstić information content (AvgIpc) is 3.06. The molecule has 0 bridgehead atoms. The number of hydrogen-bond acceptors (Lipinski definition) is 6. The van der Waals surface area contributed by atoms with Crippen molar-refractivity contribution in [1.82, 2.24) is 5.32 Å². The molecule has 0 spiro atoms. The van der Waals surface area contributed by atoms with Gasteiger partial charge >= 0.3 is 0 Å². The van der Waals surface area contributed by atoms with Gasteiger partial charge in [0.1, 0.15) is 12.2 Å². The minimum absolute atomic E-state index is 0.0920. The fraction of sp³-hybridized carbons (Fsp3) is 0.306. The average molecular weight is 580 g/mol. The molecule has 4 aromatic rings. The number of fused-ring (bicyclic) bond motifs is 3. The van der Waals surface area contributed by atoms with E-state index < -0.39 is 12.2 Å². The molecule has 222 valence electrons. The zero-order valence-corrected chi connectivity index (χ0v) is 24.5. The summed E-state index contributed by atoms with van der Waals surface area (Å²) in [6, 6.07) is 33.6. The summed E-state index contributed by atoms with van der Waals surface area (Å²) in [5.74, 6) is 0.839. The molecular formula is C36H37NO6. The maximum Gasteiger partial charge on any atom is 0.252 e. The van der Waals surface area contributed by atoms with E-state index >= 15 is 0 Å². The zero-order valence-electron chi connectivity index (χ0n) is 24.5. The van der Waals surface area contributed by atoms with Crippen molar-refractivity contribution in [1.29, 1.82) is 0 Å². The number of nitrogens with one attached hydrogen (secondary N) is 1. The van der Waals surface area contributed by atoms with Crippen LogP contribution in [0.3, 0.4) is 0 Å². The number of benzene rings is 4. The molecule has 2 aliphatic rings. The first-order chi connectivity index (χ1) is 21.1. The third-order valence-electron chi connectivity index (χ3n) is 8.34. The highest BCUT2D eigenvalue weighted by Crippen LogP contribution is 2.45. The maximum absolute atomic E-state index is 13.6. The third kappa shape index (κ3) is 6.44. The number of hydrogen-bond donors (Lipinski definition) is 1. The van der Waals surface area contributed by atoms with Crippen molar-refractivity contribution < 1.29 is 28.5 Å². The molecule has 1 fully saturated rings. The summed E-state index contributed by atoms with van der Waals surface area (Å²) in [5, 5.41) is 3.28. The first kappa shape index (κ1) is 28.9. The van der Waals surface area contributed by atoms with E-state index in [4.69, 9.17) is 23.7 Å². The molecule has 7 nitrogen and oxygen atoms in total. The van der Waals surface area contributed by atoms with E-state index in [-0.39, 0.29) is 24.0 Å². The summed E-state index contributed by atoms with van der Waals surface area (Å²) in [6.45, 7) is 1.21. The molecule has 5 atom stereocenters. The molecule has 0 radical (unpaired) electrons. The van der Waals surface area contributed by atoms with Crippen LogP contribution >= 0.6 is 0 Å². The van der Waals surface area contributed by atoms with Gasteiger partial charge in [0.2, 0.25) is 0 Å². The van der Waals surface area contributed by atoms with Gasteiger partial charge in [0.15, 0.2) is 11.5 Å². The predicted molar refractivity (Wildman–Crippen MR) is 163 cm³/mol. The van der Waals surface area contributed by atoms with E-state index in [1.54, 1.807) is 20.3 Å². The Hall–Kier alpha value is -4.17. The van der Waals surface area contributed by atoms with Crippen molar-refractivity contribution in [2.24, 2.45) is 0 Å². The maximum atomic E-state index is 13.6. The van der Waals surface area contributed by atoms with Gasteiger partial charge in [-0.05, 0) is 40.8 Å². The zero-order chi connectivity index (χ0) is 29.6. The van der Waals surface area contributed by atoms with Crippen molar-refractivity contribution in [3.05, 3.63) is 131 Å². The van der Waals surface area contributed by atoms with Crippen molar-refractivity contribution in [3.8, 4) is 11.5 Å². The molecule has 1 aliphatic heterocycles. The number of ether oxygens (including phenoxy) is 5. The van der Waals surface area contributed by atoms with Crippen molar-refractivity contribution in [2.75, 3.05) is 14.2 Å². The van der Waals surface area contributed by atoms with Gasteiger partial charge in [-0.1, -0.05) is 91.0 Å². The molecule has 6 rings (SSSR count). The van der Waals surface area contributed by atoms with Gasteiger partial charge in [-0.15, -0.1) is 0 Å². The fourth-order valence-corrected chi connectivity index (χ4v) is 6.18. The van der Waals surface area contributed by atoms with E-state index in [0.29, 0.717) is 43.3 Å². The second kappa shape index (κ2) is 13.4. The molecule has 43 heavy (non-hydrogen) atoms. The Balaban J connectivity index is 1.37. The lowest BCUT2D eigenvalue weighted by Gasteiger charge is -2.49. The summed E-state index contributed by atoms with van der Waals surface area (Å²) in [5.41, 5.74) is 4.66. The number of carbonyl (C=O) groups is 1. The van der Waals surface area contributed by atoms with Gasteiger partial charge < -0.3 is 29.0 Å². The van der Waals surface area contributed by atoms with Gasteiger partial charge in [-0.25, -0.2) is 0 Å². The fourth-order valence-electron chi connectivity index (χ4n) is 6.18. The second-order valence-electron chi connectivity index (χ2n) is 11.0. The molecule has 1 N–H and O–H groups in total.